The van der Waals surface area contributed by atoms with Crippen LogP contribution in [0.3, 0.4) is 0 Å². The lowest BCUT2D eigenvalue weighted by atomic mass is 9.84. The summed E-state index contributed by atoms with van der Waals surface area (Å²) in [5.41, 5.74) is 5.86. The molecule has 2 amide bonds. The van der Waals surface area contributed by atoms with Crippen molar-refractivity contribution in [1.29, 1.82) is 0 Å². The van der Waals surface area contributed by atoms with Crippen LogP contribution in [0.2, 0.25) is 0 Å². The minimum atomic E-state index is -0.627. The van der Waals surface area contributed by atoms with Crippen LogP contribution in [0.1, 0.15) is 65.4 Å². The first-order valence-electron chi connectivity index (χ1n) is 14.8. The van der Waals surface area contributed by atoms with Gasteiger partial charge in [-0.05, 0) is 56.4 Å². The third kappa shape index (κ3) is 10.3. The predicted molar refractivity (Wildman–Crippen MR) is 172 cm³/mol. The van der Waals surface area contributed by atoms with Gasteiger partial charge in [-0.2, -0.15) is 11.8 Å². The van der Waals surface area contributed by atoms with Gasteiger partial charge in [-0.1, -0.05) is 51.1 Å². The number of thioether (sulfide) groups is 1. The number of ether oxygens (including phenoxy) is 1. The van der Waals surface area contributed by atoms with E-state index in [4.69, 9.17) is 15.5 Å². The van der Waals surface area contributed by atoms with Crippen molar-refractivity contribution in [3.8, 4) is 11.3 Å². The van der Waals surface area contributed by atoms with E-state index >= 15 is 0 Å². The van der Waals surface area contributed by atoms with Gasteiger partial charge in [-0.15, -0.1) is 0 Å². The zero-order valence-electron chi connectivity index (χ0n) is 26.5. The van der Waals surface area contributed by atoms with Crippen LogP contribution in [0.5, 0.6) is 0 Å². The number of amides is 2. The van der Waals surface area contributed by atoms with Crippen LogP contribution in [-0.4, -0.2) is 63.2 Å². The molecule has 0 saturated carbocycles. The highest BCUT2D eigenvalue weighted by Crippen LogP contribution is 2.39. The largest absolute Gasteiger partial charge is 0.444 e. The molecule has 0 spiro atoms. The highest BCUT2D eigenvalue weighted by Gasteiger charge is 2.38. The van der Waals surface area contributed by atoms with Crippen molar-refractivity contribution in [2.45, 2.75) is 66.2 Å². The Hall–Kier alpha value is -3.44. The van der Waals surface area contributed by atoms with Gasteiger partial charge in [-0.3, -0.25) is 4.79 Å². The molecule has 3 rings (SSSR count). The summed E-state index contributed by atoms with van der Waals surface area (Å²) >= 11 is 1.45. The molecule has 0 aliphatic heterocycles. The van der Waals surface area contributed by atoms with Crippen molar-refractivity contribution in [2.24, 2.45) is 11.1 Å². The van der Waals surface area contributed by atoms with Gasteiger partial charge in [0.2, 0.25) is 5.91 Å². The van der Waals surface area contributed by atoms with Crippen molar-refractivity contribution < 1.29 is 23.1 Å². The number of carbonyl (C=O) groups excluding carboxylic acids is 2. The fourth-order valence-corrected chi connectivity index (χ4v) is 5.50. The third-order valence-corrected chi connectivity index (χ3v) is 7.61. The summed E-state index contributed by atoms with van der Waals surface area (Å²) in [6.45, 7) is 12.9. The van der Waals surface area contributed by atoms with Gasteiger partial charge in [0.15, 0.2) is 0 Å². The van der Waals surface area contributed by atoms with Crippen molar-refractivity contribution in [3.63, 3.8) is 0 Å². The number of imidazole rings is 1. The molecular formula is C33H45F2N5O3S. The van der Waals surface area contributed by atoms with Crippen molar-refractivity contribution in [3.05, 3.63) is 77.8 Å². The van der Waals surface area contributed by atoms with Gasteiger partial charge in [0, 0.05) is 43.7 Å². The summed E-state index contributed by atoms with van der Waals surface area (Å²) < 4.78 is 36.4. The summed E-state index contributed by atoms with van der Waals surface area (Å²) in [6.07, 6.45) is 1.65. The number of alkyl carbamates (subject to hydrolysis) is 1. The van der Waals surface area contributed by atoms with E-state index in [-0.39, 0.29) is 22.9 Å². The lowest BCUT2D eigenvalue weighted by Gasteiger charge is -2.40. The number of nitrogens with two attached hydrogens (primary N) is 1. The Kier molecular flexibility index (Phi) is 12.4. The van der Waals surface area contributed by atoms with E-state index in [0.29, 0.717) is 44.2 Å². The average Bonchev–Trinajstić information content (AvgIpc) is 3.33. The van der Waals surface area contributed by atoms with E-state index in [1.54, 1.807) is 31.9 Å². The van der Waals surface area contributed by atoms with E-state index in [1.807, 2.05) is 55.7 Å². The van der Waals surface area contributed by atoms with E-state index in [1.165, 1.54) is 11.8 Å². The Bertz CT molecular complexity index is 1390. The minimum absolute atomic E-state index is 0.0451. The van der Waals surface area contributed by atoms with Gasteiger partial charge in [-0.25, -0.2) is 18.6 Å². The van der Waals surface area contributed by atoms with Crippen LogP contribution < -0.4 is 11.1 Å². The van der Waals surface area contributed by atoms with Crippen LogP contribution in [0.25, 0.3) is 11.3 Å². The summed E-state index contributed by atoms with van der Waals surface area (Å²) in [7, 11) is 0. The van der Waals surface area contributed by atoms with Crippen molar-refractivity contribution in [2.75, 3.05) is 31.1 Å². The number of nitrogens with one attached hydrogen (secondary N) is 1. The van der Waals surface area contributed by atoms with E-state index in [9.17, 15) is 18.4 Å². The Morgan fingerprint density at radius 2 is 1.80 bits per heavy atom. The fourth-order valence-electron chi connectivity index (χ4n) is 4.85. The molecule has 0 aliphatic carbocycles. The lowest BCUT2D eigenvalue weighted by molar-refractivity contribution is -0.133. The normalized spacial score (nSPS) is 12.6. The molecule has 8 nitrogen and oxygen atoms in total. The Morgan fingerprint density at radius 3 is 2.43 bits per heavy atom. The first-order valence-corrected chi connectivity index (χ1v) is 16.0. The maximum Gasteiger partial charge on any atom is 0.407 e. The molecule has 1 aromatic heterocycles. The molecule has 0 bridgehead atoms. The summed E-state index contributed by atoms with van der Waals surface area (Å²) in [5, 5.41) is 2.77. The van der Waals surface area contributed by atoms with Gasteiger partial charge in [0.1, 0.15) is 23.1 Å². The maximum absolute atomic E-state index is 15.0. The summed E-state index contributed by atoms with van der Waals surface area (Å²) in [6, 6.07) is 12.5. The average molecular weight is 630 g/mol. The van der Waals surface area contributed by atoms with Crippen molar-refractivity contribution >= 4 is 23.8 Å². The predicted octanol–water partition coefficient (Wildman–Crippen LogP) is 6.40. The SMILES string of the molecule is CC(C)(C)OC(=O)NCCCN(C(=O)CSCCN)C(c1nc(-c2cc(F)ccc2F)cn1Cc1ccccc1)C(C)(C)C. The molecule has 0 radical (unpaired) electrons. The Labute approximate surface area is 263 Å². The van der Waals surface area contributed by atoms with Crippen LogP contribution in [0, 0.1) is 17.0 Å². The van der Waals surface area contributed by atoms with Gasteiger partial charge in [0.05, 0.1) is 17.5 Å². The Balaban J connectivity index is 2.05. The summed E-state index contributed by atoms with van der Waals surface area (Å²) in [5.74, 6) is 0.137. The molecule has 0 aliphatic rings. The number of halogens is 2. The fraction of sp³-hybridized carbons (Fsp3) is 0.485. The molecule has 11 heteroatoms. The zero-order chi connectivity index (χ0) is 32.5. The first kappa shape index (κ1) is 35.0. The summed E-state index contributed by atoms with van der Waals surface area (Å²) in [4.78, 5) is 32.8. The number of hydrogen-bond donors (Lipinski definition) is 2. The number of aromatic nitrogens is 2. The van der Waals surface area contributed by atoms with E-state index in [2.05, 4.69) is 5.32 Å². The second-order valence-electron chi connectivity index (χ2n) is 12.7. The number of nitrogens with zero attached hydrogens (tertiary/aromatic N) is 3. The van der Waals surface area contributed by atoms with Crippen LogP contribution >= 0.6 is 11.8 Å². The zero-order valence-corrected chi connectivity index (χ0v) is 27.3. The van der Waals surface area contributed by atoms with Crippen LogP contribution in [0.15, 0.2) is 54.7 Å². The molecule has 44 heavy (non-hydrogen) atoms. The maximum atomic E-state index is 15.0. The monoisotopic (exact) mass is 629 g/mol. The molecule has 0 fully saturated rings. The smallest absolute Gasteiger partial charge is 0.407 e. The number of carbonyl (C=O) groups is 2. The molecule has 240 valence electrons. The number of benzene rings is 2. The van der Waals surface area contributed by atoms with Gasteiger partial charge >= 0.3 is 6.09 Å². The second kappa shape index (κ2) is 15.5. The highest BCUT2D eigenvalue weighted by molar-refractivity contribution is 7.99. The molecule has 3 N–H and O–H groups in total. The first-order chi connectivity index (χ1) is 20.7. The van der Waals surface area contributed by atoms with E-state index < -0.39 is 34.8 Å². The molecule has 1 unspecified atom stereocenters. The molecule has 3 aromatic rings. The number of rotatable bonds is 13. The molecule has 0 saturated heterocycles. The van der Waals surface area contributed by atoms with Crippen LogP contribution in [0.4, 0.5) is 13.6 Å². The third-order valence-electron chi connectivity index (χ3n) is 6.64. The molecule has 1 heterocycles. The van der Waals surface area contributed by atoms with E-state index in [0.717, 1.165) is 23.8 Å². The second-order valence-corrected chi connectivity index (χ2v) is 13.8. The lowest BCUT2D eigenvalue weighted by Crippen LogP contribution is -2.44. The molecule has 1 atom stereocenters. The number of hydrogen-bond acceptors (Lipinski definition) is 6. The van der Waals surface area contributed by atoms with Crippen LogP contribution in [-0.2, 0) is 16.1 Å². The standard InChI is InChI=1S/C33H45F2N5O3S/c1-32(2,3)29(40(28(41)22-44-18-15-36)17-10-16-37-31(42)43-33(4,5)6)30-38-27(25-19-24(34)13-14-26(25)35)21-39(30)20-23-11-8-7-9-12-23/h7-9,11-14,19,21,29H,10,15-18,20,22,36H2,1-6H3,(H,37,42). The molecule has 2 aromatic carbocycles. The van der Waals surface area contributed by atoms with Gasteiger partial charge < -0.3 is 25.3 Å². The highest BCUT2D eigenvalue weighted by atomic mass is 32.2. The minimum Gasteiger partial charge on any atom is -0.444 e. The van der Waals surface area contributed by atoms with Gasteiger partial charge in [0.25, 0.3) is 0 Å². The Morgan fingerprint density at radius 1 is 1.09 bits per heavy atom. The topological polar surface area (TPSA) is 102 Å². The van der Waals surface area contributed by atoms with Crippen molar-refractivity contribution in [1.82, 2.24) is 19.8 Å². The quantitative estimate of drug-likeness (QED) is 0.212. The molecular weight excluding hydrogens is 584 g/mol.